The summed E-state index contributed by atoms with van der Waals surface area (Å²) in [7, 11) is 1.63. The van der Waals surface area contributed by atoms with Crippen molar-refractivity contribution in [2.24, 2.45) is 0 Å². The maximum atomic E-state index is 12.2. The van der Waals surface area contributed by atoms with E-state index in [0.717, 1.165) is 12.0 Å². The molecule has 22 heavy (non-hydrogen) atoms. The summed E-state index contributed by atoms with van der Waals surface area (Å²) in [6.07, 6.45) is -3.53. The fourth-order valence-electron chi connectivity index (χ4n) is 2.63. The molecule has 1 heterocycles. The van der Waals surface area contributed by atoms with Crippen LogP contribution in [0.3, 0.4) is 0 Å². The van der Waals surface area contributed by atoms with Crippen LogP contribution in [0.1, 0.15) is 12.0 Å². The fourth-order valence-corrected chi connectivity index (χ4v) is 2.63. The van der Waals surface area contributed by atoms with Gasteiger partial charge in [0.1, 0.15) is 5.75 Å². The van der Waals surface area contributed by atoms with Crippen LogP contribution in [0.2, 0.25) is 0 Å². The van der Waals surface area contributed by atoms with Crippen molar-refractivity contribution in [2.45, 2.75) is 31.3 Å². The van der Waals surface area contributed by atoms with Gasteiger partial charge >= 0.3 is 6.18 Å². The Morgan fingerprint density at radius 1 is 1.36 bits per heavy atom. The van der Waals surface area contributed by atoms with Gasteiger partial charge in [-0.3, -0.25) is 4.90 Å². The summed E-state index contributed by atoms with van der Waals surface area (Å²) in [5.41, 5.74) is 0.842. The van der Waals surface area contributed by atoms with Crippen molar-refractivity contribution in [1.82, 2.24) is 4.90 Å². The molecule has 0 aromatic heterocycles. The number of hydrogen-bond acceptors (Lipinski definition) is 4. The number of halogens is 3. The number of hydrogen-bond donors (Lipinski definition) is 1. The van der Waals surface area contributed by atoms with Crippen LogP contribution in [-0.2, 0) is 11.3 Å². The summed E-state index contributed by atoms with van der Waals surface area (Å²) in [4.78, 5) is 2.07. The van der Waals surface area contributed by atoms with E-state index in [4.69, 9.17) is 9.47 Å². The highest BCUT2D eigenvalue weighted by Gasteiger charge is 2.31. The smallest absolute Gasteiger partial charge is 0.422 e. The molecule has 0 bridgehead atoms. The third kappa shape index (κ3) is 4.86. The molecule has 0 spiro atoms. The largest absolute Gasteiger partial charge is 0.484 e. The van der Waals surface area contributed by atoms with Crippen molar-refractivity contribution >= 4 is 0 Å². The van der Waals surface area contributed by atoms with E-state index >= 15 is 0 Å². The predicted octanol–water partition coefficient (Wildman–Crippen LogP) is 2.21. The first-order valence-corrected chi connectivity index (χ1v) is 7.07. The number of nitrogens with zero attached hydrogens (tertiary/aromatic N) is 1. The number of rotatable bonds is 6. The van der Waals surface area contributed by atoms with Gasteiger partial charge in [0, 0.05) is 26.2 Å². The molecule has 1 fully saturated rings. The van der Waals surface area contributed by atoms with Gasteiger partial charge in [0.25, 0.3) is 0 Å². The molecule has 124 valence electrons. The number of benzene rings is 1. The second-order valence-electron chi connectivity index (χ2n) is 5.41. The molecule has 1 aromatic rings. The predicted molar refractivity (Wildman–Crippen MR) is 74.7 cm³/mol. The Kier molecular flexibility index (Phi) is 5.66. The molecule has 1 aliphatic heterocycles. The summed E-state index contributed by atoms with van der Waals surface area (Å²) in [6, 6.07) is 6.60. The zero-order valence-electron chi connectivity index (χ0n) is 12.3. The van der Waals surface area contributed by atoms with Crippen molar-refractivity contribution in [3.05, 3.63) is 29.8 Å². The van der Waals surface area contributed by atoms with E-state index in [1.807, 2.05) is 6.07 Å². The topological polar surface area (TPSA) is 41.9 Å². The Balaban J connectivity index is 1.98. The molecule has 0 aliphatic carbocycles. The lowest BCUT2D eigenvalue weighted by molar-refractivity contribution is -0.153. The first-order chi connectivity index (χ1) is 10.4. The second-order valence-corrected chi connectivity index (χ2v) is 5.41. The van der Waals surface area contributed by atoms with Gasteiger partial charge in [-0.15, -0.1) is 0 Å². The molecule has 1 N–H and O–H groups in total. The Labute approximate surface area is 127 Å². The number of methoxy groups -OCH3 is 1. The summed E-state index contributed by atoms with van der Waals surface area (Å²) in [6.45, 7) is -0.0427. The third-order valence-corrected chi connectivity index (χ3v) is 3.72. The quantitative estimate of drug-likeness (QED) is 0.873. The number of aliphatic hydroxyl groups excluding tert-OH is 1. The molecule has 0 saturated carbocycles. The van der Waals surface area contributed by atoms with Crippen LogP contribution in [0.25, 0.3) is 0 Å². The molecule has 4 nitrogen and oxygen atoms in total. The summed E-state index contributed by atoms with van der Waals surface area (Å²) >= 11 is 0. The van der Waals surface area contributed by atoms with Crippen molar-refractivity contribution in [3.63, 3.8) is 0 Å². The van der Waals surface area contributed by atoms with Crippen LogP contribution >= 0.6 is 0 Å². The molecular formula is C15H20F3NO3. The summed E-state index contributed by atoms with van der Waals surface area (Å²) in [5, 5.41) is 9.41. The number of alkyl halides is 3. The van der Waals surface area contributed by atoms with E-state index in [2.05, 4.69) is 4.90 Å². The van der Waals surface area contributed by atoms with Crippen LogP contribution in [0, 0.1) is 0 Å². The molecule has 0 unspecified atom stereocenters. The lowest BCUT2D eigenvalue weighted by atomic mass is 10.2. The molecule has 0 radical (unpaired) electrons. The molecular weight excluding hydrogens is 299 g/mol. The molecule has 1 saturated heterocycles. The van der Waals surface area contributed by atoms with E-state index in [1.165, 1.54) is 6.07 Å². The molecule has 0 amide bonds. The molecule has 2 rings (SSSR count). The normalized spacial score (nSPS) is 23.0. The number of ether oxygens (including phenoxy) is 2. The summed E-state index contributed by atoms with van der Waals surface area (Å²) < 4.78 is 46.6. The van der Waals surface area contributed by atoms with Gasteiger partial charge in [-0.1, -0.05) is 12.1 Å². The van der Waals surface area contributed by atoms with Crippen molar-refractivity contribution in [3.8, 4) is 5.75 Å². The monoisotopic (exact) mass is 319 g/mol. The standard InChI is InChI=1S/C15H20F3NO3/c1-21-14-6-12(9-20)19(8-14)7-11-3-2-4-13(5-11)22-10-15(16,17)18/h2-5,12,14,20H,6-10H2,1H3/t12-,14-/m0/s1. The molecule has 2 atom stereocenters. The molecule has 1 aliphatic rings. The molecule has 1 aromatic carbocycles. The average molecular weight is 319 g/mol. The highest BCUT2D eigenvalue weighted by atomic mass is 19.4. The minimum absolute atomic E-state index is 0.00435. The average Bonchev–Trinajstić information content (AvgIpc) is 2.87. The van der Waals surface area contributed by atoms with Gasteiger partial charge in [-0.05, 0) is 24.1 Å². The zero-order valence-corrected chi connectivity index (χ0v) is 12.3. The Morgan fingerprint density at radius 3 is 2.77 bits per heavy atom. The van der Waals surface area contributed by atoms with E-state index in [9.17, 15) is 18.3 Å². The van der Waals surface area contributed by atoms with Gasteiger partial charge < -0.3 is 14.6 Å². The third-order valence-electron chi connectivity index (χ3n) is 3.72. The SMILES string of the molecule is CO[C@H]1C[C@@H](CO)N(Cc2cccc(OCC(F)(F)F)c2)C1. The van der Waals surface area contributed by atoms with Crippen LogP contribution in [-0.4, -0.2) is 55.2 Å². The fraction of sp³-hybridized carbons (Fsp3) is 0.600. The lowest BCUT2D eigenvalue weighted by Crippen LogP contribution is -2.31. The van der Waals surface area contributed by atoms with E-state index in [0.29, 0.717) is 13.1 Å². The van der Waals surface area contributed by atoms with Crippen molar-refractivity contribution < 1.29 is 27.8 Å². The van der Waals surface area contributed by atoms with Gasteiger partial charge in [0.2, 0.25) is 0 Å². The van der Waals surface area contributed by atoms with Crippen LogP contribution in [0.4, 0.5) is 13.2 Å². The van der Waals surface area contributed by atoms with Gasteiger partial charge in [0.15, 0.2) is 6.61 Å². The van der Waals surface area contributed by atoms with Crippen LogP contribution in [0.5, 0.6) is 5.75 Å². The van der Waals surface area contributed by atoms with Gasteiger partial charge in [-0.25, -0.2) is 0 Å². The second kappa shape index (κ2) is 7.30. The summed E-state index contributed by atoms with van der Waals surface area (Å²) in [5.74, 6) is 0.192. The van der Waals surface area contributed by atoms with Crippen molar-refractivity contribution in [1.29, 1.82) is 0 Å². The maximum Gasteiger partial charge on any atom is 0.422 e. The van der Waals surface area contributed by atoms with E-state index in [-0.39, 0.29) is 24.5 Å². The zero-order chi connectivity index (χ0) is 16.2. The highest BCUT2D eigenvalue weighted by Crippen LogP contribution is 2.24. The van der Waals surface area contributed by atoms with E-state index in [1.54, 1.807) is 19.2 Å². The van der Waals surface area contributed by atoms with Crippen LogP contribution in [0.15, 0.2) is 24.3 Å². The number of likely N-dealkylation sites (tertiary alicyclic amines) is 1. The first kappa shape index (κ1) is 17.1. The van der Waals surface area contributed by atoms with E-state index < -0.39 is 12.8 Å². The lowest BCUT2D eigenvalue weighted by Gasteiger charge is -2.22. The number of aliphatic hydroxyl groups is 1. The molecule has 7 heteroatoms. The Hall–Kier alpha value is -1.31. The highest BCUT2D eigenvalue weighted by molar-refractivity contribution is 5.28. The maximum absolute atomic E-state index is 12.2. The minimum atomic E-state index is -4.35. The van der Waals surface area contributed by atoms with Crippen molar-refractivity contribution in [2.75, 3.05) is 26.9 Å². The first-order valence-electron chi connectivity index (χ1n) is 7.07. The van der Waals surface area contributed by atoms with Crippen LogP contribution < -0.4 is 4.74 Å². The van der Waals surface area contributed by atoms with Gasteiger partial charge in [0.05, 0.1) is 12.7 Å². The Bertz CT molecular complexity index is 481. The Morgan fingerprint density at radius 2 is 2.14 bits per heavy atom. The minimum Gasteiger partial charge on any atom is -0.484 e. The van der Waals surface area contributed by atoms with Gasteiger partial charge in [-0.2, -0.15) is 13.2 Å².